The van der Waals surface area contributed by atoms with Crippen LogP contribution >= 0.6 is 27.7 Å². The summed E-state index contributed by atoms with van der Waals surface area (Å²) in [6.07, 6.45) is 2.81. The van der Waals surface area contributed by atoms with Crippen LogP contribution in [0.5, 0.6) is 0 Å². The van der Waals surface area contributed by atoms with Gasteiger partial charge < -0.3 is 0 Å². The minimum absolute atomic E-state index is 0.0154. The molecule has 2 aromatic rings. The largest absolute Gasteiger partial charge is 0.272 e. The molecule has 1 atom stereocenters. The van der Waals surface area contributed by atoms with Crippen molar-refractivity contribution in [1.82, 2.24) is 25.2 Å². The Hall–Kier alpha value is -1.87. The van der Waals surface area contributed by atoms with E-state index in [2.05, 4.69) is 31.4 Å². The molecule has 3 rings (SSSR count). The average Bonchev–Trinajstić information content (AvgIpc) is 3.11. The van der Waals surface area contributed by atoms with Gasteiger partial charge in [0.1, 0.15) is 24.6 Å². The fraction of sp³-hybridized carbons (Fsp3) is 0.231. The molecule has 22 heavy (non-hydrogen) atoms. The van der Waals surface area contributed by atoms with Crippen molar-refractivity contribution in [3.8, 4) is 0 Å². The second kappa shape index (κ2) is 6.49. The molecule has 1 aliphatic rings. The van der Waals surface area contributed by atoms with Gasteiger partial charge in [-0.25, -0.2) is 14.7 Å². The van der Waals surface area contributed by atoms with Crippen LogP contribution in [-0.2, 0) is 16.1 Å². The molecule has 1 aromatic carbocycles. The van der Waals surface area contributed by atoms with Gasteiger partial charge in [0.2, 0.25) is 0 Å². The van der Waals surface area contributed by atoms with E-state index in [1.807, 2.05) is 24.3 Å². The highest BCUT2D eigenvalue weighted by molar-refractivity contribution is 9.10. The first-order chi connectivity index (χ1) is 10.6. The van der Waals surface area contributed by atoms with E-state index in [0.717, 1.165) is 10.0 Å². The van der Waals surface area contributed by atoms with E-state index in [4.69, 9.17) is 0 Å². The van der Waals surface area contributed by atoms with Crippen LogP contribution in [0.25, 0.3) is 0 Å². The Labute approximate surface area is 139 Å². The summed E-state index contributed by atoms with van der Waals surface area (Å²) in [7, 11) is 0. The maximum Gasteiger partial charge on any atom is 0.260 e. The minimum Gasteiger partial charge on any atom is -0.272 e. The lowest BCUT2D eigenvalue weighted by molar-refractivity contribution is -0.139. The van der Waals surface area contributed by atoms with E-state index in [1.54, 1.807) is 0 Å². The third-order valence-corrected chi connectivity index (χ3v) is 4.78. The van der Waals surface area contributed by atoms with Crippen molar-refractivity contribution in [1.29, 1.82) is 0 Å². The van der Waals surface area contributed by atoms with E-state index in [-0.39, 0.29) is 23.7 Å². The van der Waals surface area contributed by atoms with Gasteiger partial charge in [-0.2, -0.15) is 5.10 Å². The topological polar surface area (TPSA) is 80.1 Å². The first-order valence-corrected chi connectivity index (χ1v) is 8.28. The second-order valence-corrected chi connectivity index (χ2v) is 6.59. The monoisotopic (exact) mass is 381 g/mol. The van der Waals surface area contributed by atoms with Crippen molar-refractivity contribution in [3.05, 3.63) is 47.0 Å². The molecule has 114 valence electrons. The Bertz CT molecular complexity index is 676. The maximum absolute atomic E-state index is 12.0. The summed E-state index contributed by atoms with van der Waals surface area (Å²) in [5.41, 5.74) is 3.61. The van der Waals surface area contributed by atoms with Gasteiger partial charge in [-0.15, -0.1) is 11.8 Å². The summed E-state index contributed by atoms with van der Waals surface area (Å²) < 4.78 is 2.37. The van der Waals surface area contributed by atoms with E-state index < -0.39 is 0 Å². The van der Waals surface area contributed by atoms with Crippen LogP contribution in [0, 0.1) is 0 Å². The Kier molecular flexibility index (Phi) is 4.44. The van der Waals surface area contributed by atoms with Gasteiger partial charge in [0.15, 0.2) is 0 Å². The van der Waals surface area contributed by atoms with Gasteiger partial charge in [0, 0.05) is 4.47 Å². The number of nitrogens with zero attached hydrogens (tertiary/aromatic N) is 4. The van der Waals surface area contributed by atoms with Crippen molar-refractivity contribution in [2.75, 3.05) is 5.75 Å². The van der Waals surface area contributed by atoms with Gasteiger partial charge in [0.05, 0.1) is 5.75 Å². The highest BCUT2D eigenvalue weighted by Crippen LogP contribution is 2.37. The highest BCUT2D eigenvalue weighted by Gasteiger charge is 2.34. The van der Waals surface area contributed by atoms with E-state index in [1.165, 1.54) is 34.1 Å². The number of carbonyl (C=O) groups is 2. The molecular formula is C13H12BrN5O2S. The van der Waals surface area contributed by atoms with Crippen LogP contribution in [0.4, 0.5) is 0 Å². The lowest BCUT2D eigenvalue weighted by Crippen LogP contribution is -2.45. The summed E-state index contributed by atoms with van der Waals surface area (Å²) in [6, 6.07) is 7.68. The molecule has 1 N–H and O–H groups in total. The molecule has 9 heteroatoms. The number of carbonyl (C=O) groups excluding carboxylic acids is 2. The highest BCUT2D eigenvalue weighted by atomic mass is 79.9. The van der Waals surface area contributed by atoms with Gasteiger partial charge in [-0.3, -0.25) is 15.0 Å². The zero-order chi connectivity index (χ0) is 15.5. The summed E-state index contributed by atoms with van der Waals surface area (Å²) in [5.74, 6) is -0.0991. The number of nitrogens with one attached hydrogen (secondary N) is 1. The summed E-state index contributed by atoms with van der Waals surface area (Å²) >= 11 is 4.86. The van der Waals surface area contributed by atoms with Crippen LogP contribution in [-0.4, -0.2) is 37.3 Å². The van der Waals surface area contributed by atoms with Crippen LogP contribution < -0.4 is 5.43 Å². The SMILES string of the molecule is O=C(Cn1cncn1)NN1C(=O)CSC1c1ccc(Br)cc1. The summed E-state index contributed by atoms with van der Waals surface area (Å²) in [4.78, 5) is 27.8. The fourth-order valence-corrected chi connectivity index (χ4v) is 3.42. The molecular weight excluding hydrogens is 370 g/mol. The Morgan fingerprint density at radius 2 is 2.18 bits per heavy atom. The number of rotatable bonds is 4. The molecule has 7 nitrogen and oxygen atoms in total. The van der Waals surface area contributed by atoms with Crippen LogP contribution in [0.3, 0.4) is 0 Å². The molecule has 2 amide bonds. The Morgan fingerprint density at radius 3 is 2.86 bits per heavy atom. The lowest BCUT2D eigenvalue weighted by atomic mass is 10.2. The standard InChI is InChI=1S/C13H12BrN5O2S/c14-10-3-1-9(2-4-10)13-19(12(21)6-22-13)17-11(20)5-18-8-15-7-16-18/h1-4,7-8,13H,5-6H2,(H,17,20). The molecule has 0 aliphatic carbocycles. The average molecular weight is 382 g/mol. The number of hydrazine groups is 1. The van der Waals surface area contributed by atoms with E-state index in [0.29, 0.717) is 5.75 Å². The smallest absolute Gasteiger partial charge is 0.260 e. The van der Waals surface area contributed by atoms with Crippen molar-refractivity contribution < 1.29 is 9.59 Å². The third kappa shape index (κ3) is 3.30. The number of benzene rings is 1. The second-order valence-electron chi connectivity index (χ2n) is 4.61. The Balaban J connectivity index is 1.71. The molecule has 1 fully saturated rings. The van der Waals surface area contributed by atoms with Crippen LogP contribution in [0.2, 0.25) is 0 Å². The van der Waals surface area contributed by atoms with Crippen LogP contribution in [0.15, 0.2) is 41.4 Å². The van der Waals surface area contributed by atoms with Gasteiger partial charge in [-0.1, -0.05) is 28.1 Å². The first-order valence-electron chi connectivity index (χ1n) is 6.44. The van der Waals surface area contributed by atoms with Crippen LogP contribution in [0.1, 0.15) is 10.9 Å². The number of hydrogen-bond donors (Lipinski definition) is 1. The number of halogens is 1. The van der Waals surface area contributed by atoms with Gasteiger partial charge in [-0.05, 0) is 17.7 Å². The molecule has 0 bridgehead atoms. The van der Waals surface area contributed by atoms with E-state index >= 15 is 0 Å². The molecule has 2 heterocycles. The van der Waals surface area contributed by atoms with Crippen molar-refractivity contribution in [3.63, 3.8) is 0 Å². The molecule has 1 unspecified atom stereocenters. The van der Waals surface area contributed by atoms with Gasteiger partial charge >= 0.3 is 0 Å². The number of aromatic nitrogens is 3. The van der Waals surface area contributed by atoms with E-state index in [9.17, 15) is 9.59 Å². The fourth-order valence-electron chi connectivity index (χ4n) is 2.05. The maximum atomic E-state index is 12.0. The lowest BCUT2D eigenvalue weighted by Gasteiger charge is -2.24. The van der Waals surface area contributed by atoms with Gasteiger partial charge in [0.25, 0.3) is 11.8 Å². The molecule has 1 saturated heterocycles. The molecule has 0 spiro atoms. The van der Waals surface area contributed by atoms with Crippen molar-refractivity contribution in [2.45, 2.75) is 11.9 Å². The minimum atomic E-state index is -0.316. The molecule has 1 aromatic heterocycles. The zero-order valence-electron chi connectivity index (χ0n) is 11.3. The summed E-state index contributed by atoms with van der Waals surface area (Å²) in [5, 5.41) is 5.03. The summed E-state index contributed by atoms with van der Waals surface area (Å²) in [6.45, 7) is 0.0154. The third-order valence-electron chi connectivity index (χ3n) is 3.04. The number of thioether (sulfide) groups is 1. The normalized spacial score (nSPS) is 17.8. The predicted molar refractivity (Wildman–Crippen MR) is 84.4 cm³/mol. The molecule has 0 saturated carbocycles. The quantitative estimate of drug-likeness (QED) is 0.864. The van der Waals surface area contributed by atoms with Crippen molar-refractivity contribution >= 4 is 39.5 Å². The van der Waals surface area contributed by atoms with Crippen molar-refractivity contribution in [2.24, 2.45) is 0 Å². The number of hydrogen-bond acceptors (Lipinski definition) is 5. The molecule has 1 aliphatic heterocycles. The zero-order valence-corrected chi connectivity index (χ0v) is 13.7. The molecule has 0 radical (unpaired) electrons. The Morgan fingerprint density at radius 1 is 1.41 bits per heavy atom. The number of amides is 2. The first kappa shape index (κ1) is 15.0. The predicted octanol–water partition coefficient (Wildman–Crippen LogP) is 1.35.